The van der Waals surface area contributed by atoms with Crippen molar-refractivity contribution >= 4 is 11.6 Å². The van der Waals surface area contributed by atoms with Crippen LogP contribution in [0.4, 0.5) is 5.69 Å². The van der Waals surface area contributed by atoms with Gasteiger partial charge in [0, 0.05) is 32.0 Å². The van der Waals surface area contributed by atoms with Gasteiger partial charge in [0.15, 0.2) is 0 Å². The predicted octanol–water partition coefficient (Wildman–Crippen LogP) is 2.16. The zero-order valence-electron chi connectivity index (χ0n) is 10.8. The molecule has 2 rings (SSSR count). The Balaban J connectivity index is 2.10. The van der Waals surface area contributed by atoms with Gasteiger partial charge >= 0.3 is 0 Å². The lowest BCUT2D eigenvalue weighted by molar-refractivity contribution is 0.0827. The average molecular weight is 257 g/mol. The first-order valence-electron chi connectivity index (χ1n) is 5.77. The molecule has 1 heterocycles. The lowest BCUT2D eigenvalue weighted by Gasteiger charge is -2.10. The van der Waals surface area contributed by atoms with Gasteiger partial charge in [-0.05, 0) is 30.3 Å². The van der Waals surface area contributed by atoms with Crippen molar-refractivity contribution in [1.82, 2.24) is 9.88 Å². The van der Waals surface area contributed by atoms with Crippen LogP contribution in [0.5, 0.6) is 11.6 Å². The molecule has 5 nitrogen and oxygen atoms in total. The van der Waals surface area contributed by atoms with Crippen LogP contribution >= 0.6 is 0 Å². The summed E-state index contributed by atoms with van der Waals surface area (Å²) in [6.45, 7) is 0. The first kappa shape index (κ1) is 12.9. The molecule has 0 aliphatic heterocycles. The molecular weight excluding hydrogens is 242 g/mol. The van der Waals surface area contributed by atoms with E-state index in [1.54, 1.807) is 50.5 Å². The van der Waals surface area contributed by atoms with E-state index < -0.39 is 0 Å². The SMILES string of the molecule is CN(C)C(=O)c1ccc(Oc2ccc(N)cc2)nc1. The van der Waals surface area contributed by atoms with E-state index >= 15 is 0 Å². The number of rotatable bonds is 3. The number of aromatic nitrogens is 1. The standard InChI is InChI=1S/C14H15N3O2/c1-17(2)14(18)10-3-8-13(16-9-10)19-12-6-4-11(15)5-7-12/h3-9H,15H2,1-2H3. The quantitative estimate of drug-likeness (QED) is 0.855. The topological polar surface area (TPSA) is 68.5 Å². The molecule has 1 aromatic carbocycles. The Labute approximate surface area is 111 Å². The Kier molecular flexibility index (Phi) is 3.66. The second-order valence-electron chi connectivity index (χ2n) is 4.26. The molecule has 1 aromatic heterocycles. The Morgan fingerprint density at radius 3 is 2.37 bits per heavy atom. The zero-order valence-corrected chi connectivity index (χ0v) is 10.8. The summed E-state index contributed by atoms with van der Waals surface area (Å²) in [6.07, 6.45) is 1.50. The summed E-state index contributed by atoms with van der Waals surface area (Å²) in [5.74, 6) is 0.986. The molecule has 2 aromatic rings. The number of carbonyl (C=O) groups is 1. The van der Waals surface area contributed by atoms with Gasteiger partial charge in [0.25, 0.3) is 5.91 Å². The van der Waals surface area contributed by atoms with Crippen molar-refractivity contribution in [1.29, 1.82) is 0 Å². The van der Waals surface area contributed by atoms with Gasteiger partial charge in [-0.25, -0.2) is 4.98 Å². The van der Waals surface area contributed by atoms with Crippen LogP contribution in [0.3, 0.4) is 0 Å². The van der Waals surface area contributed by atoms with Crippen molar-refractivity contribution in [3.05, 3.63) is 48.2 Å². The molecule has 5 heteroatoms. The van der Waals surface area contributed by atoms with Gasteiger partial charge in [0.1, 0.15) is 5.75 Å². The Bertz CT molecular complexity index is 562. The van der Waals surface area contributed by atoms with Crippen LogP contribution in [0.1, 0.15) is 10.4 Å². The third kappa shape index (κ3) is 3.22. The Morgan fingerprint density at radius 2 is 1.84 bits per heavy atom. The number of ether oxygens (including phenoxy) is 1. The van der Waals surface area contributed by atoms with E-state index in [-0.39, 0.29) is 5.91 Å². The first-order valence-corrected chi connectivity index (χ1v) is 5.77. The highest BCUT2D eigenvalue weighted by Crippen LogP contribution is 2.20. The van der Waals surface area contributed by atoms with E-state index in [1.165, 1.54) is 11.1 Å². The van der Waals surface area contributed by atoms with E-state index in [2.05, 4.69) is 4.98 Å². The van der Waals surface area contributed by atoms with E-state index in [4.69, 9.17) is 10.5 Å². The number of amides is 1. The number of nitrogen functional groups attached to an aromatic ring is 1. The maximum absolute atomic E-state index is 11.7. The highest BCUT2D eigenvalue weighted by Gasteiger charge is 2.08. The summed E-state index contributed by atoms with van der Waals surface area (Å²) in [5.41, 5.74) is 6.78. The number of nitrogens with two attached hydrogens (primary N) is 1. The molecule has 1 amide bonds. The van der Waals surface area contributed by atoms with Crippen molar-refractivity contribution in [3.63, 3.8) is 0 Å². The average Bonchev–Trinajstić information content (AvgIpc) is 2.41. The van der Waals surface area contributed by atoms with Crippen LogP contribution in [-0.4, -0.2) is 29.9 Å². The third-order valence-electron chi connectivity index (χ3n) is 2.49. The molecule has 0 saturated heterocycles. The largest absolute Gasteiger partial charge is 0.439 e. The van der Waals surface area contributed by atoms with E-state index in [0.717, 1.165) is 0 Å². The highest BCUT2D eigenvalue weighted by molar-refractivity contribution is 5.93. The molecule has 2 N–H and O–H groups in total. The van der Waals surface area contributed by atoms with Crippen LogP contribution in [-0.2, 0) is 0 Å². The smallest absolute Gasteiger partial charge is 0.254 e. The lowest BCUT2D eigenvalue weighted by Crippen LogP contribution is -2.21. The molecule has 19 heavy (non-hydrogen) atoms. The molecule has 0 radical (unpaired) electrons. The molecule has 0 fully saturated rings. The van der Waals surface area contributed by atoms with Crippen molar-refractivity contribution < 1.29 is 9.53 Å². The molecule has 98 valence electrons. The summed E-state index contributed by atoms with van der Waals surface area (Å²) in [5, 5.41) is 0. The Morgan fingerprint density at radius 1 is 1.16 bits per heavy atom. The fraction of sp³-hybridized carbons (Fsp3) is 0.143. The number of pyridine rings is 1. The number of nitrogens with zero attached hydrogens (tertiary/aromatic N) is 2. The van der Waals surface area contributed by atoms with Crippen molar-refractivity contribution in [2.75, 3.05) is 19.8 Å². The molecule has 0 aliphatic rings. The Hall–Kier alpha value is -2.56. The van der Waals surface area contributed by atoms with Gasteiger partial charge in [0.05, 0.1) is 5.56 Å². The van der Waals surface area contributed by atoms with Gasteiger partial charge in [-0.1, -0.05) is 0 Å². The second-order valence-corrected chi connectivity index (χ2v) is 4.26. The van der Waals surface area contributed by atoms with Gasteiger partial charge in [0.2, 0.25) is 5.88 Å². The number of hydrogen-bond acceptors (Lipinski definition) is 4. The minimum absolute atomic E-state index is 0.0912. The van der Waals surface area contributed by atoms with Gasteiger partial charge < -0.3 is 15.4 Å². The molecule has 0 unspecified atom stereocenters. The normalized spacial score (nSPS) is 10.0. The number of benzene rings is 1. The number of carbonyl (C=O) groups excluding carboxylic acids is 1. The van der Waals surface area contributed by atoms with Gasteiger partial charge in [-0.2, -0.15) is 0 Å². The van der Waals surface area contributed by atoms with Crippen molar-refractivity contribution in [3.8, 4) is 11.6 Å². The van der Waals surface area contributed by atoms with Crippen LogP contribution in [0.25, 0.3) is 0 Å². The molecule has 0 saturated carbocycles. The van der Waals surface area contributed by atoms with Crippen molar-refractivity contribution in [2.24, 2.45) is 0 Å². The highest BCUT2D eigenvalue weighted by atomic mass is 16.5. The summed E-state index contributed by atoms with van der Waals surface area (Å²) in [7, 11) is 3.39. The van der Waals surface area contributed by atoms with Gasteiger partial charge in [-0.15, -0.1) is 0 Å². The summed E-state index contributed by atoms with van der Waals surface area (Å²) in [4.78, 5) is 17.3. The minimum atomic E-state index is -0.0912. The van der Waals surface area contributed by atoms with E-state index in [9.17, 15) is 4.79 Å². The first-order chi connectivity index (χ1) is 9.06. The van der Waals surface area contributed by atoms with E-state index in [0.29, 0.717) is 22.9 Å². The zero-order chi connectivity index (χ0) is 13.8. The number of anilines is 1. The molecule has 0 aliphatic carbocycles. The third-order valence-corrected chi connectivity index (χ3v) is 2.49. The van der Waals surface area contributed by atoms with Crippen LogP contribution in [0.15, 0.2) is 42.6 Å². The molecular formula is C14H15N3O2. The van der Waals surface area contributed by atoms with E-state index in [1.807, 2.05) is 0 Å². The summed E-state index contributed by atoms with van der Waals surface area (Å²) < 4.78 is 5.54. The summed E-state index contributed by atoms with van der Waals surface area (Å²) in [6, 6.07) is 10.4. The monoisotopic (exact) mass is 257 g/mol. The maximum Gasteiger partial charge on any atom is 0.254 e. The van der Waals surface area contributed by atoms with Crippen molar-refractivity contribution in [2.45, 2.75) is 0 Å². The van der Waals surface area contributed by atoms with Gasteiger partial charge in [-0.3, -0.25) is 4.79 Å². The molecule has 0 spiro atoms. The fourth-order valence-corrected chi connectivity index (χ4v) is 1.48. The minimum Gasteiger partial charge on any atom is -0.439 e. The fourth-order valence-electron chi connectivity index (χ4n) is 1.48. The predicted molar refractivity (Wildman–Crippen MR) is 73.2 cm³/mol. The van der Waals surface area contributed by atoms with Crippen LogP contribution < -0.4 is 10.5 Å². The second kappa shape index (κ2) is 5.39. The summed E-state index contributed by atoms with van der Waals surface area (Å²) >= 11 is 0. The van der Waals surface area contributed by atoms with Crippen LogP contribution in [0.2, 0.25) is 0 Å². The lowest BCUT2D eigenvalue weighted by atomic mass is 10.2. The van der Waals surface area contributed by atoms with Crippen LogP contribution in [0, 0.1) is 0 Å². The molecule has 0 atom stereocenters. The number of hydrogen-bond donors (Lipinski definition) is 1. The maximum atomic E-state index is 11.7. The molecule has 0 bridgehead atoms.